The van der Waals surface area contributed by atoms with Gasteiger partial charge in [0.25, 0.3) is 0 Å². The van der Waals surface area contributed by atoms with E-state index in [9.17, 15) is 0 Å². The maximum absolute atomic E-state index is 3.95. The normalized spacial score (nSPS) is 26.6. The zero-order chi connectivity index (χ0) is 13.6. The van der Waals surface area contributed by atoms with Crippen molar-refractivity contribution < 1.29 is 0 Å². The smallest absolute Gasteiger partial charge is 0.0634 e. The van der Waals surface area contributed by atoms with Gasteiger partial charge in [-0.3, -0.25) is 5.43 Å². The molecular weight excluding hydrogens is 246 g/mol. The molecule has 0 atom stereocenters. The summed E-state index contributed by atoms with van der Waals surface area (Å²) >= 11 is 0. The van der Waals surface area contributed by atoms with Gasteiger partial charge in [0.2, 0.25) is 0 Å². The van der Waals surface area contributed by atoms with Crippen molar-refractivity contribution >= 4 is 18.0 Å². The number of piperidine rings is 1. The Morgan fingerprint density at radius 2 is 1.90 bits per heavy atom. The molecule has 1 N–H and O–H groups in total. The number of para-hydroxylation sites is 1. The summed E-state index contributed by atoms with van der Waals surface area (Å²) in [5.74, 6) is 1.10. The number of anilines is 1. The summed E-state index contributed by atoms with van der Waals surface area (Å²) in [5.41, 5.74) is 5.16. The van der Waals surface area contributed by atoms with Crippen molar-refractivity contribution in [3.8, 4) is 0 Å². The van der Waals surface area contributed by atoms with Crippen molar-refractivity contribution in [3.05, 3.63) is 35.9 Å². The lowest BCUT2D eigenvalue weighted by atomic mass is 9.96. The molecule has 3 fully saturated rings. The first-order valence-electron chi connectivity index (χ1n) is 7.69. The van der Waals surface area contributed by atoms with Crippen LogP contribution >= 0.6 is 0 Å². The fourth-order valence-corrected chi connectivity index (χ4v) is 3.14. The molecule has 3 heteroatoms. The van der Waals surface area contributed by atoms with E-state index >= 15 is 0 Å². The maximum atomic E-state index is 3.95. The SMILES string of the molecule is C1=Cc2ccccc2NN=C1.C1CC2CCN(C1)CC2. The minimum atomic E-state index is 1.05. The molecule has 106 valence electrons. The lowest BCUT2D eigenvalue weighted by Crippen LogP contribution is -2.30. The molecule has 0 radical (unpaired) electrons. The first-order chi connectivity index (χ1) is 9.92. The Labute approximate surface area is 121 Å². The van der Waals surface area contributed by atoms with Crippen LogP contribution in [0.5, 0.6) is 0 Å². The molecule has 0 aromatic heterocycles. The number of hydrogen-bond acceptors (Lipinski definition) is 3. The van der Waals surface area contributed by atoms with Crippen LogP contribution in [0.3, 0.4) is 0 Å². The minimum Gasteiger partial charge on any atom is -0.303 e. The van der Waals surface area contributed by atoms with Gasteiger partial charge in [0.15, 0.2) is 0 Å². The molecule has 4 heterocycles. The van der Waals surface area contributed by atoms with Crippen molar-refractivity contribution in [1.82, 2.24) is 4.90 Å². The first kappa shape index (κ1) is 13.4. The van der Waals surface area contributed by atoms with Crippen molar-refractivity contribution in [2.45, 2.75) is 25.7 Å². The van der Waals surface area contributed by atoms with Crippen LogP contribution in [0.25, 0.3) is 6.08 Å². The summed E-state index contributed by atoms with van der Waals surface area (Å²) in [5, 5.41) is 3.95. The largest absolute Gasteiger partial charge is 0.303 e. The Morgan fingerprint density at radius 3 is 2.80 bits per heavy atom. The summed E-state index contributed by atoms with van der Waals surface area (Å²) in [6.45, 7) is 4.17. The predicted molar refractivity (Wildman–Crippen MR) is 86.0 cm³/mol. The minimum absolute atomic E-state index is 1.05. The van der Waals surface area contributed by atoms with Gasteiger partial charge in [-0.15, -0.1) is 0 Å². The highest BCUT2D eigenvalue weighted by Gasteiger charge is 2.22. The van der Waals surface area contributed by atoms with E-state index in [2.05, 4.69) is 15.4 Å². The van der Waals surface area contributed by atoms with E-state index < -0.39 is 0 Å². The zero-order valence-electron chi connectivity index (χ0n) is 12.0. The molecule has 0 amide bonds. The molecule has 2 bridgehead atoms. The van der Waals surface area contributed by atoms with Crippen molar-refractivity contribution in [2.75, 3.05) is 25.1 Å². The lowest BCUT2D eigenvalue weighted by molar-refractivity contribution is 0.224. The summed E-state index contributed by atoms with van der Waals surface area (Å²) < 4.78 is 0. The Hall–Kier alpha value is -1.61. The fraction of sp³-hybridized carbons (Fsp3) is 0.471. The third-order valence-electron chi connectivity index (χ3n) is 4.38. The van der Waals surface area contributed by atoms with Gasteiger partial charge in [-0.2, -0.15) is 5.10 Å². The topological polar surface area (TPSA) is 27.6 Å². The summed E-state index contributed by atoms with van der Waals surface area (Å²) in [6.07, 6.45) is 11.6. The molecular formula is C17H23N3. The van der Waals surface area contributed by atoms with E-state index in [0.29, 0.717) is 0 Å². The average Bonchev–Trinajstić information content (AvgIpc) is 2.97. The molecule has 1 aromatic carbocycles. The third kappa shape index (κ3) is 3.48. The van der Waals surface area contributed by atoms with Crippen LogP contribution in [-0.2, 0) is 0 Å². The van der Waals surface area contributed by atoms with Gasteiger partial charge in [-0.1, -0.05) is 24.3 Å². The molecule has 4 aliphatic heterocycles. The van der Waals surface area contributed by atoms with E-state index in [-0.39, 0.29) is 0 Å². The zero-order valence-corrected chi connectivity index (χ0v) is 12.0. The van der Waals surface area contributed by atoms with Gasteiger partial charge in [0, 0.05) is 6.21 Å². The van der Waals surface area contributed by atoms with E-state index in [1.165, 1.54) is 50.9 Å². The molecule has 3 nitrogen and oxygen atoms in total. The highest BCUT2D eigenvalue weighted by Crippen LogP contribution is 2.25. The Balaban J connectivity index is 0.000000123. The summed E-state index contributed by atoms with van der Waals surface area (Å²) in [4.78, 5) is 2.61. The number of hydrazone groups is 1. The predicted octanol–water partition coefficient (Wildman–Crippen LogP) is 3.60. The molecule has 0 aliphatic carbocycles. The molecule has 0 unspecified atom stereocenters. The standard InChI is InChI=1S/C9H8N2.C8H15N/c1-2-6-9-8(4-1)5-3-7-10-11-9;1-2-8-3-6-9(5-1)7-4-8/h1-7,11H;8H,1-7H2. The van der Waals surface area contributed by atoms with Gasteiger partial charge < -0.3 is 4.90 Å². The maximum Gasteiger partial charge on any atom is 0.0634 e. The van der Waals surface area contributed by atoms with Crippen molar-refractivity contribution in [3.63, 3.8) is 0 Å². The number of nitrogens with zero attached hydrogens (tertiary/aromatic N) is 2. The quantitative estimate of drug-likeness (QED) is 0.779. The van der Waals surface area contributed by atoms with Crippen LogP contribution < -0.4 is 5.43 Å². The van der Waals surface area contributed by atoms with Gasteiger partial charge in [-0.05, 0) is 68.9 Å². The Bertz CT molecular complexity index is 467. The first-order valence-corrected chi connectivity index (χ1v) is 7.69. The number of rotatable bonds is 0. The molecule has 4 aliphatic rings. The summed E-state index contributed by atoms with van der Waals surface area (Å²) in [7, 11) is 0. The lowest BCUT2D eigenvalue weighted by Gasteiger charge is -2.25. The van der Waals surface area contributed by atoms with Gasteiger partial charge in [-0.25, -0.2) is 0 Å². The third-order valence-corrected chi connectivity index (χ3v) is 4.38. The van der Waals surface area contributed by atoms with E-state index in [0.717, 1.165) is 11.6 Å². The second-order valence-electron chi connectivity index (χ2n) is 5.76. The molecule has 3 saturated heterocycles. The van der Waals surface area contributed by atoms with E-state index in [1.807, 2.05) is 36.4 Å². The fourth-order valence-electron chi connectivity index (χ4n) is 3.14. The second kappa shape index (κ2) is 6.71. The molecule has 1 aromatic rings. The second-order valence-corrected chi connectivity index (χ2v) is 5.76. The van der Waals surface area contributed by atoms with Crippen LogP contribution in [0.2, 0.25) is 0 Å². The van der Waals surface area contributed by atoms with Crippen LogP contribution in [0.4, 0.5) is 5.69 Å². The molecule has 5 rings (SSSR count). The monoisotopic (exact) mass is 269 g/mol. The van der Waals surface area contributed by atoms with Crippen molar-refractivity contribution in [1.29, 1.82) is 0 Å². The number of fused-ring (bicyclic) bond motifs is 5. The molecule has 20 heavy (non-hydrogen) atoms. The van der Waals surface area contributed by atoms with Crippen LogP contribution in [0.1, 0.15) is 31.2 Å². The highest BCUT2D eigenvalue weighted by molar-refractivity contribution is 5.83. The van der Waals surface area contributed by atoms with Crippen LogP contribution in [0, 0.1) is 5.92 Å². The van der Waals surface area contributed by atoms with E-state index in [4.69, 9.17) is 0 Å². The Kier molecular flexibility index (Phi) is 4.49. The number of nitrogens with one attached hydrogen (secondary N) is 1. The van der Waals surface area contributed by atoms with Crippen molar-refractivity contribution in [2.24, 2.45) is 11.0 Å². The van der Waals surface area contributed by atoms with E-state index in [1.54, 1.807) is 6.21 Å². The Morgan fingerprint density at radius 1 is 1.05 bits per heavy atom. The van der Waals surface area contributed by atoms with Crippen LogP contribution in [-0.4, -0.2) is 30.7 Å². The average molecular weight is 269 g/mol. The molecule has 0 saturated carbocycles. The van der Waals surface area contributed by atoms with Gasteiger partial charge in [0.1, 0.15) is 0 Å². The number of hydrogen-bond donors (Lipinski definition) is 1. The van der Waals surface area contributed by atoms with Crippen LogP contribution in [0.15, 0.2) is 35.4 Å². The number of benzene rings is 1. The van der Waals surface area contributed by atoms with Gasteiger partial charge in [0.05, 0.1) is 5.69 Å². The number of allylic oxidation sites excluding steroid dienone is 1. The highest BCUT2D eigenvalue weighted by atomic mass is 15.3. The molecule has 0 spiro atoms. The summed E-state index contributed by atoms with van der Waals surface area (Å²) in [6, 6.07) is 8.05. The van der Waals surface area contributed by atoms with Gasteiger partial charge >= 0.3 is 0 Å².